The lowest BCUT2D eigenvalue weighted by Gasteiger charge is -2.33. The Labute approximate surface area is 133 Å². The van der Waals surface area contributed by atoms with E-state index in [-0.39, 0.29) is 18.4 Å². The number of aliphatic hydroxyl groups excluding tert-OH is 1. The van der Waals surface area contributed by atoms with Crippen molar-refractivity contribution in [3.63, 3.8) is 0 Å². The van der Waals surface area contributed by atoms with Gasteiger partial charge in [-0.25, -0.2) is 0 Å². The molecule has 0 radical (unpaired) electrons. The van der Waals surface area contributed by atoms with Crippen LogP contribution in [0.3, 0.4) is 0 Å². The molecule has 3 heteroatoms. The minimum atomic E-state index is 0.202. The number of aliphatic hydroxyl groups is 1. The van der Waals surface area contributed by atoms with E-state index in [1.54, 1.807) is 0 Å². The fourth-order valence-corrected chi connectivity index (χ4v) is 3.63. The molecule has 2 aliphatic rings. The average Bonchev–Trinajstić information content (AvgIpc) is 3.38. The minimum absolute atomic E-state index is 0.202. The van der Waals surface area contributed by atoms with Crippen molar-refractivity contribution >= 4 is 5.91 Å². The van der Waals surface area contributed by atoms with E-state index in [0.29, 0.717) is 18.3 Å². The smallest absolute Gasteiger partial charge is 0.223 e. The van der Waals surface area contributed by atoms with Gasteiger partial charge in [-0.3, -0.25) is 4.79 Å². The normalized spacial score (nSPS) is 23.4. The summed E-state index contributed by atoms with van der Waals surface area (Å²) in [6.07, 6.45) is 5.21. The second kappa shape index (κ2) is 6.82. The van der Waals surface area contributed by atoms with Gasteiger partial charge in [0.2, 0.25) is 5.91 Å². The monoisotopic (exact) mass is 301 g/mol. The first kappa shape index (κ1) is 15.5. The van der Waals surface area contributed by atoms with Crippen LogP contribution in [0.4, 0.5) is 0 Å². The topological polar surface area (TPSA) is 40.5 Å². The second-order valence-corrected chi connectivity index (χ2v) is 7.09. The van der Waals surface area contributed by atoms with Gasteiger partial charge in [-0.2, -0.15) is 0 Å². The van der Waals surface area contributed by atoms with E-state index in [0.717, 1.165) is 25.9 Å². The fraction of sp³-hybridized carbons (Fsp3) is 0.632. The fourth-order valence-electron chi connectivity index (χ4n) is 3.63. The molecule has 22 heavy (non-hydrogen) atoms. The van der Waals surface area contributed by atoms with Gasteiger partial charge in [0.1, 0.15) is 0 Å². The molecule has 0 spiro atoms. The number of benzene rings is 1. The molecule has 1 aliphatic carbocycles. The first-order chi connectivity index (χ1) is 10.7. The summed E-state index contributed by atoms with van der Waals surface area (Å²) in [4.78, 5) is 14.7. The summed E-state index contributed by atoms with van der Waals surface area (Å²) in [6, 6.07) is 8.69. The lowest BCUT2D eigenvalue weighted by atomic mass is 9.89. The molecule has 1 saturated carbocycles. The molecule has 1 aliphatic heterocycles. The molecular weight excluding hydrogens is 274 g/mol. The molecule has 1 aromatic carbocycles. The van der Waals surface area contributed by atoms with Gasteiger partial charge in [0.15, 0.2) is 0 Å². The molecule has 1 saturated heterocycles. The highest BCUT2D eigenvalue weighted by atomic mass is 16.3. The number of aryl methyl sites for hydroxylation is 1. The SMILES string of the molecule is Cc1ccc(C(CC(=O)N2CCCC(CO)C2)C2CC2)cc1. The largest absolute Gasteiger partial charge is 0.396 e. The molecular formula is C19H27NO2. The minimum Gasteiger partial charge on any atom is -0.396 e. The Kier molecular flexibility index (Phi) is 4.82. The Morgan fingerprint density at radius 3 is 2.64 bits per heavy atom. The molecule has 2 atom stereocenters. The van der Waals surface area contributed by atoms with Gasteiger partial charge in [-0.1, -0.05) is 29.8 Å². The number of carbonyl (C=O) groups is 1. The van der Waals surface area contributed by atoms with Gasteiger partial charge in [-0.15, -0.1) is 0 Å². The van der Waals surface area contributed by atoms with Crippen LogP contribution < -0.4 is 0 Å². The van der Waals surface area contributed by atoms with Crippen molar-refractivity contribution in [2.75, 3.05) is 19.7 Å². The van der Waals surface area contributed by atoms with Crippen molar-refractivity contribution < 1.29 is 9.90 Å². The van der Waals surface area contributed by atoms with E-state index in [1.807, 2.05) is 4.90 Å². The van der Waals surface area contributed by atoms with Crippen molar-refractivity contribution in [1.29, 1.82) is 0 Å². The second-order valence-electron chi connectivity index (χ2n) is 7.09. The van der Waals surface area contributed by atoms with Crippen LogP contribution in [0.25, 0.3) is 0 Å². The zero-order chi connectivity index (χ0) is 15.5. The predicted molar refractivity (Wildman–Crippen MR) is 87.7 cm³/mol. The van der Waals surface area contributed by atoms with Crippen molar-refractivity contribution in [2.45, 2.75) is 44.9 Å². The van der Waals surface area contributed by atoms with Crippen molar-refractivity contribution in [3.05, 3.63) is 35.4 Å². The van der Waals surface area contributed by atoms with Crippen LogP contribution in [0, 0.1) is 18.8 Å². The molecule has 0 aromatic heterocycles. The van der Waals surface area contributed by atoms with Gasteiger partial charge >= 0.3 is 0 Å². The maximum atomic E-state index is 12.7. The molecule has 2 fully saturated rings. The molecule has 3 rings (SSSR count). The Balaban J connectivity index is 1.66. The van der Waals surface area contributed by atoms with E-state index < -0.39 is 0 Å². The lowest BCUT2D eigenvalue weighted by molar-refractivity contribution is -0.133. The highest BCUT2D eigenvalue weighted by Gasteiger charge is 2.35. The molecule has 3 nitrogen and oxygen atoms in total. The molecule has 1 amide bonds. The predicted octanol–water partition coefficient (Wildman–Crippen LogP) is 3.11. The number of carbonyl (C=O) groups excluding carboxylic acids is 1. The lowest BCUT2D eigenvalue weighted by Crippen LogP contribution is -2.41. The summed E-state index contributed by atoms with van der Waals surface area (Å²) >= 11 is 0. The van der Waals surface area contributed by atoms with Gasteiger partial charge in [0.05, 0.1) is 0 Å². The highest BCUT2D eigenvalue weighted by molar-refractivity contribution is 5.77. The third-order valence-electron chi connectivity index (χ3n) is 5.22. The first-order valence-electron chi connectivity index (χ1n) is 8.62. The van der Waals surface area contributed by atoms with E-state index in [1.165, 1.54) is 24.0 Å². The third kappa shape index (κ3) is 3.70. The van der Waals surface area contributed by atoms with Crippen LogP contribution in [0.1, 0.15) is 49.1 Å². The summed E-state index contributed by atoms with van der Waals surface area (Å²) in [5.41, 5.74) is 2.59. The zero-order valence-electron chi connectivity index (χ0n) is 13.5. The number of likely N-dealkylation sites (tertiary alicyclic amines) is 1. The van der Waals surface area contributed by atoms with Crippen LogP contribution >= 0.6 is 0 Å². The summed E-state index contributed by atoms with van der Waals surface area (Å²) in [6.45, 7) is 3.90. The Hall–Kier alpha value is -1.35. The van der Waals surface area contributed by atoms with Gasteiger partial charge in [0.25, 0.3) is 0 Å². The Bertz CT molecular complexity index is 507. The number of nitrogens with zero attached hydrogens (tertiary/aromatic N) is 1. The molecule has 1 N–H and O–H groups in total. The molecule has 1 heterocycles. The van der Waals surface area contributed by atoms with Crippen LogP contribution in [-0.2, 0) is 4.79 Å². The standard InChI is InChI=1S/C19H27NO2/c1-14-4-6-16(7-5-14)18(17-8-9-17)11-19(22)20-10-2-3-15(12-20)13-21/h4-7,15,17-18,21H,2-3,8-13H2,1H3. The van der Waals surface area contributed by atoms with E-state index in [2.05, 4.69) is 31.2 Å². The summed E-state index contributed by atoms with van der Waals surface area (Å²) in [7, 11) is 0. The number of hydrogen-bond acceptors (Lipinski definition) is 2. The van der Waals surface area contributed by atoms with E-state index >= 15 is 0 Å². The Morgan fingerprint density at radius 1 is 1.27 bits per heavy atom. The first-order valence-corrected chi connectivity index (χ1v) is 8.62. The average molecular weight is 301 g/mol. The van der Waals surface area contributed by atoms with Crippen LogP contribution in [-0.4, -0.2) is 35.6 Å². The highest BCUT2D eigenvalue weighted by Crippen LogP contribution is 2.44. The molecule has 2 unspecified atom stereocenters. The van der Waals surface area contributed by atoms with E-state index in [9.17, 15) is 9.90 Å². The van der Waals surface area contributed by atoms with Crippen molar-refractivity contribution in [3.8, 4) is 0 Å². The van der Waals surface area contributed by atoms with Gasteiger partial charge in [0, 0.05) is 26.1 Å². The van der Waals surface area contributed by atoms with Crippen LogP contribution in [0.2, 0.25) is 0 Å². The quantitative estimate of drug-likeness (QED) is 0.908. The Morgan fingerprint density at radius 2 is 2.00 bits per heavy atom. The number of hydrogen-bond donors (Lipinski definition) is 1. The van der Waals surface area contributed by atoms with Gasteiger partial charge in [-0.05, 0) is 55.9 Å². The molecule has 120 valence electrons. The number of amides is 1. The third-order valence-corrected chi connectivity index (χ3v) is 5.22. The summed E-state index contributed by atoms with van der Waals surface area (Å²) in [5.74, 6) is 1.61. The zero-order valence-corrected chi connectivity index (χ0v) is 13.5. The van der Waals surface area contributed by atoms with Crippen LogP contribution in [0.5, 0.6) is 0 Å². The van der Waals surface area contributed by atoms with Gasteiger partial charge < -0.3 is 10.0 Å². The summed E-state index contributed by atoms with van der Waals surface area (Å²) < 4.78 is 0. The van der Waals surface area contributed by atoms with Crippen molar-refractivity contribution in [1.82, 2.24) is 4.90 Å². The number of piperidine rings is 1. The summed E-state index contributed by atoms with van der Waals surface area (Å²) in [5, 5.41) is 9.34. The van der Waals surface area contributed by atoms with Crippen LogP contribution in [0.15, 0.2) is 24.3 Å². The van der Waals surface area contributed by atoms with E-state index in [4.69, 9.17) is 0 Å². The maximum Gasteiger partial charge on any atom is 0.223 e. The molecule has 1 aromatic rings. The number of rotatable bonds is 5. The molecule has 0 bridgehead atoms. The van der Waals surface area contributed by atoms with Crippen molar-refractivity contribution in [2.24, 2.45) is 11.8 Å². The maximum absolute atomic E-state index is 12.7.